The minimum Gasteiger partial charge on any atom is -0.353 e. The van der Waals surface area contributed by atoms with Gasteiger partial charge in [0.05, 0.1) is 11.7 Å². The number of piperidine rings is 1. The maximum absolute atomic E-state index is 12.9. The standard InChI is InChI=1S/C21H27N5O2/c1-15(20(27)22-10-13-25-11-6-3-7-12-25)26-18-9-5-4-8-16(18)17-14-23-24(2)21(28)19(17)26/h4-5,8-9,14-15H,3,6-7,10-13H2,1-2H3,(H,22,27)/t15-/m1/s1. The Morgan fingerprint density at radius 2 is 1.93 bits per heavy atom. The summed E-state index contributed by atoms with van der Waals surface area (Å²) in [6, 6.07) is 7.30. The summed E-state index contributed by atoms with van der Waals surface area (Å²) in [6.07, 6.45) is 5.49. The van der Waals surface area contributed by atoms with E-state index in [0.29, 0.717) is 12.1 Å². The molecule has 1 aromatic carbocycles. The molecule has 1 atom stereocenters. The van der Waals surface area contributed by atoms with Gasteiger partial charge < -0.3 is 14.8 Å². The Morgan fingerprint density at radius 1 is 1.18 bits per heavy atom. The van der Waals surface area contributed by atoms with E-state index in [2.05, 4.69) is 15.3 Å². The molecule has 7 heteroatoms. The molecule has 4 rings (SSSR count). The molecule has 0 bridgehead atoms. The Bertz CT molecular complexity index is 1060. The third-order valence-corrected chi connectivity index (χ3v) is 5.75. The van der Waals surface area contributed by atoms with Gasteiger partial charge in [0.1, 0.15) is 11.6 Å². The Hall–Kier alpha value is -2.67. The summed E-state index contributed by atoms with van der Waals surface area (Å²) in [7, 11) is 1.63. The zero-order chi connectivity index (χ0) is 19.7. The first kappa shape index (κ1) is 18.7. The molecular formula is C21H27N5O2. The Morgan fingerprint density at radius 3 is 2.71 bits per heavy atom. The molecule has 0 unspecified atom stereocenters. The van der Waals surface area contributed by atoms with Crippen LogP contribution in [0.2, 0.25) is 0 Å². The maximum Gasteiger partial charge on any atom is 0.291 e. The number of hydrogen-bond acceptors (Lipinski definition) is 4. The molecule has 3 heterocycles. The molecule has 0 radical (unpaired) electrons. The number of likely N-dealkylation sites (tertiary alicyclic amines) is 1. The molecule has 0 aliphatic carbocycles. The summed E-state index contributed by atoms with van der Waals surface area (Å²) in [4.78, 5) is 28.1. The fourth-order valence-corrected chi connectivity index (χ4v) is 4.18. The number of carbonyl (C=O) groups is 1. The van der Waals surface area contributed by atoms with E-state index in [0.717, 1.165) is 35.9 Å². The highest BCUT2D eigenvalue weighted by molar-refractivity contribution is 6.08. The SMILES string of the molecule is C[C@H](C(=O)NCCN1CCCCC1)n1c2ccccc2c2cnn(C)c(=O)c21. The van der Waals surface area contributed by atoms with Gasteiger partial charge >= 0.3 is 0 Å². The van der Waals surface area contributed by atoms with Crippen LogP contribution >= 0.6 is 0 Å². The number of fused-ring (bicyclic) bond motifs is 3. The summed E-state index contributed by atoms with van der Waals surface area (Å²) in [5, 5.41) is 8.94. The van der Waals surface area contributed by atoms with Crippen LogP contribution in [0, 0.1) is 0 Å². The Kier molecular flexibility index (Phi) is 5.17. The predicted molar refractivity (Wildman–Crippen MR) is 110 cm³/mol. The van der Waals surface area contributed by atoms with Gasteiger partial charge in [-0.05, 0) is 38.9 Å². The molecule has 0 saturated carbocycles. The third-order valence-electron chi connectivity index (χ3n) is 5.75. The Labute approximate surface area is 163 Å². The first-order valence-corrected chi connectivity index (χ1v) is 10.0. The molecular weight excluding hydrogens is 354 g/mol. The highest BCUT2D eigenvalue weighted by Crippen LogP contribution is 2.29. The highest BCUT2D eigenvalue weighted by Gasteiger charge is 2.23. The van der Waals surface area contributed by atoms with E-state index in [1.807, 2.05) is 35.8 Å². The topological polar surface area (TPSA) is 72.2 Å². The number of hydrogen-bond donors (Lipinski definition) is 1. The van der Waals surface area contributed by atoms with Gasteiger partial charge in [-0.15, -0.1) is 0 Å². The minimum absolute atomic E-state index is 0.0708. The molecule has 2 aromatic heterocycles. The normalized spacial score (nSPS) is 16.5. The largest absolute Gasteiger partial charge is 0.353 e. The van der Waals surface area contributed by atoms with Gasteiger partial charge in [0.15, 0.2) is 0 Å². The smallest absolute Gasteiger partial charge is 0.291 e. The van der Waals surface area contributed by atoms with Crippen LogP contribution in [0.3, 0.4) is 0 Å². The first-order valence-electron chi connectivity index (χ1n) is 10.0. The van der Waals surface area contributed by atoms with Crippen LogP contribution in [0.25, 0.3) is 21.8 Å². The van der Waals surface area contributed by atoms with Crippen molar-refractivity contribution in [3.8, 4) is 0 Å². The number of rotatable bonds is 5. The lowest BCUT2D eigenvalue weighted by atomic mass is 10.1. The number of aromatic nitrogens is 3. The number of para-hydroxylation sites is 1. The highest BCUT2D eigenvalue weighted by atomic mass is 16.2. The van der Waals surface area contributed by atoms with Gasteiger partial charge in [-0.2, -0.15) is 5.10 Å². The number of benzene rings is 1. The maximum atomic E-state index is 12.9. The van der Waals surface area contributed by atoms with Crippen LogP contribution < -0.4 is 10.9 Å². The average molecular weight is 381 g/mol. The van der Waals surface area contributed by atoms with Crippen LogP contribution in [-0.4, -0.2) is 51.3 Å². The van der Waals surface area contributed by atoms with Gasteiger partial charge in [-0.25, -0.2) is 4.68 Å². The lowest BCUT2D eigenvalue weighted by Crippen LogP contribution is -2.39. The van der Waals surface area contributed by atoms with E-state index in [4.69, 9.17) is 0 Å². The zero-order valence-electron chi connectivity index (χ0n) is 16.5. The lowest BCUT2D eigenvalue weighted by molar-refractivity contribution is -0.123. The molecule has 0 spiro atoms. The van der Waals surface area contributed by atoms with Gasteiger partial charge in [-0.3, -0.25) is 9.59 Å². The molecule has 1 amide bonds. The van der Waals surface area contributed by atoms with Crippen molar-refractivity contribution in [1.29, 1.82) is 0 Å². The molecule has 1 saturated heterocycles. The molecule has 28 heavy (non-hydrogen) atoms. The molecule has 1 aliphatic rings. The van der Waals surface area contributed by atoms with E-state index in [9.17, 15) is 9.59 Å². The van der Waals surface area contributed by atoms with Crippen molar-refractivity contribution in [2.45, 2.75) is 32.2 Å². The van der Waals surface area contributed by atoms with E-state index >= 15 is 0 Å². The van der Waals surface area contributed by atoms with E-state index in [-0.39, 0.29) is 11.5 Å². The van der Waals surface area contributed by atoms with Crippen LogP contribution in [0.15, 0.2) is 35.3 Å². The second-order valence-electron chi connectivity index (χ2n) is 7.59. The second-order valence-corrected chi connectivity index (χ2v) is 7.59. The lowest BCUT2D eigenvalue weighted by Gasteiger charge is -2.26. The van der Waals surface area contributed by atoms with Crippen molar-refractivity contribution in [3.63, 3.8) is 0 Å². The number of amides is 1. The quantitative estimate of drug-likeness (QED) is 0.734. The van der Waals surface area contributed by atoms with Gasteiger partial charge in [-0.1, -0.05) is 24.6 Å². The summed E-state index contributed by atoms with van der Waals surface area (Å²) in [5.41, 5.74) is 1.21. The van der Waals surface area contributed by atoms with Crippen molar-refractivity contribution < 1.29 is 4.79 Å². The van der Waals surface area contributed by atoms with E-state index < -0.39 is 6.04 Å². The minimum atomic E-state index is -0.487. The first-order chi connectivity index (χ1) is 13.6. The molecule has 7 nitrogen and oxygen atoms in total. The van der Waals surface area contributed by atoms with Crippen molar-refractivity contribution in [2.75, 3.05) is 26.2 Å². The summed E-state index contributed by atoms with van der Waals surface area (Å²) < 4.78 is 3.17. The zero-order valence-corrected chi connectivity index (χ0v) is 16.5. The fraction of sp³-hybridized carbons (Fsp3) is 0.476. The predicted octanol–water partition coefficient (Wildman–Crippen LogP) is 2.05. The second kappa shape index (κ2) is 7.75. The molecule has 3 aromatic rings. The van der Waals surface area contributed by atoms with E-state index in [1.54, 1.807) is 13.2 Å². The number of carbonyl (C=O) groups excluding carboxylic acids is 1. The van der Waals surface area contributed by atoms with Gasteiger partial charge in [0, 0.05) is 30.9 Å². The summed E-state index contributed by atoms with van der Waals surface area (Å²) in [5.74, 6) is -0.0708. The number of nitrogens with zero attached hydrogens (tertiary/aromatic N) is 4. The Balaban J connectivity index is 1.62. The molecule has 1 N–H and O–H groups in total. The fourth-order valence-electron chi connectivity index (χ4n) is 4.18. The van der Waals surface area contributed by atoms with Crippen LogP contribution in [0.1, 0.15) is 32.2 Å². The van der Waals surface area contributed by atoms with Crippen LogP contribution in [0.5, 0.6) is 0 Å². The monoisotopic (exact) mass is 381 g/mol. The van der Waals surface area contributed by atoms with Crippen molar-refractivity contribution >= 4 is 27.7 Å². The number of nitrogens with one attached hydrogen (secondary N) is 1. The molecule has 1 fully saturated rings. The summed E-state index contributed by atoms with van der Waals surface area (Å²) in [6.45, 7) is 5.57. The molecule has 1 aliphatic heterocycles. The van der Waals surface area contributed by atoms with Crippen LogP contribution in [0.4, 0.5) is 0 Å². The van der Waals surface area contributed by atoms with Crippen molar-refractivity contribution in [2.24, 2.45) is 7.05 Å². The third kappa shape index (κ3) is 3.30. The van der Waals surface area contributed by atoms with E-state index in [1.165, 1.54) is 23.9 Å². The van der Waals surface area contributed by atoms with Crippen molar-refractivity contribution in [1.82, 2.24) is 24.6 Å². The van der Waals surface area contributed by atoms with Crippen molar-refractivity contribution in [3.05, 3.63) is 40.8 Å². The van der Waals surface area contributed by atoms with Gasteiger partial charge in [0.25, 0.3) is 5.56 Å². The number of aryl methyl sites for hydroxylation is 1. The summed E-state index contributed by atoms with van der Waals surface area (Å²) >= 11 is 0. The average Bonchev–Trinajstić information content (AvgIpc) is 3.06. The van der Waals surface area contributed by atoms with Crippen LogP contribution in [-0.2, 0) is 11.8 Å². The molecule has 148 valence electrons. The van der Waals surface area contributed by atoms with Gasteiger partial charge in [0.2, 0.25) is 5.91 Å².